The standard InChI is InChI=1S/C46H52N4O12/c1-3-39(51)57-25-13-9-5-7-11-23-55-37-29-47-41(48-30-37)33-15-19-35(20-16-33)43(53)61-45-46(60-28-27-59-45)62-44(54)36-21-17-34(18-22-36)42-49-31-38(32-50-42)56-24-12-8-6-10-14-26-58-40(52)4-2/h3-4,15-22,29-32,45-46H,1-2,5-14,23-28H2/t45-,46-/m0/s1. The largest absolute Gasteiger partial charge is 0.490 e. The van der Waals surface area contributed by atoms with E-state index in [4.69, 9.17) is 37.9 Å². The molecule has 0 aliphatic carbocycles. The second kappa shape index (κ2) is 26.0. The van der Waals surface area contributed by atoms with Crippen LogP contribution in [0.5, 0.6) is 11.5 Å². The highest BCUT2D eigenvalue weighted by atomic mass is 16.8. The first kappa shape index (κ1) is 46.5. The van der Waals surface area contributed by atoms with E-state index in [-0.39, 0.29) is 24.3 Å². The van der Waals surface area contributed by atoms with Crippen LogP contribution in [-0.4, -0.2) is 96.0 Å². The van der Waals surface area contributed by atoms with Crippen molar-refractivity contribution in [1.82, 2.24) is 19.9 Å². The third-order valence-electron chi connectivity index (χ3n) is 9.27. The van der Waals surface area contributed by atoms with Gasteiger partial charge in [-0.25, -0.2) is 39.1 Å². The van der Waals surface area contributed by atoms with Gasteiger partial charge in [0.15, 0.2) is 23.1 Å². The van der Waals surface area contributed by atoms with E-state index in [0.29, 0.717) is 60.7 Å². The monoisotopic (exact) mass is 852 g/mol. The van der Waals surface area contributed by atoms with E-state index in [9.17, 15) is 19.2 Å². The predicted octanol–water partition coefficient (Wildman–Crippen LogP) is 7.43. The van der Waals surface area contributed by atoms with E-state index >= 15 is 0 Å². The smallest absolute Gasteiger partial charge is 0.340 e. The van der Waals surface area contributed by atoms with Gasteiger partial charge in [0.1, 0.15) is 0 Å². The molecule has 0 spiro atoms. The highest BCUT2D eigenvalue weighted by Gasteiger charge is 2.34. The molecule has 1 aliphatic rings. The van der Waals surface area contributed by atoms with Crippen molar-refractivity contribution in [3.8, 4) is 34.3 Å². The van der Waals surface area contributed by atoms with Crippen LogP contribution >= 0.6 is 0 Å². The first-order chi connectivity index (χ1) is 30.3. The van der Waals surface area contributed by atoms with Crippen molar-refractivity contribution in [2.75, 3.05) is 39.6 Å². The Kier molecular flexibility index (Phi) is 19.5. The van der Waals surface area contributed by atoms with Gasteiger partial charge < -0.3 is 37.9 Å². The molecular weight excluding hydrogens is 801 g/mol. The van der Waals surface area contributed by atoms with Gasteiger partial charge in [-0.05, 0) is 49.9 Å². The topological polar surface area (TPSA) is 194 Å². The third-order valence-corrected chi connectivity index (χ3v) is 9.27. The van der Waals surface area contributed by atoms with Crippen LogP contribution in [0.2, 0.25) is 0 Å². The van der Waals surface area contributed by atoms with E-state index in [1.807, 2.05) is 0 Å². The van der Waals surface area contributed by atoms with E-state index in [0.717, 1.165) is 76.4 Å². The molecule has 3 heterocycles. The Hall–Kier alpha value is -6.52. The Morgan fingerprint density at radius 2 is 0.855 bits per heavy atom. The Bertz CT molecular complexity index is 1880. The summed E-state index contributed by atoms with van der Waals surface area (Å²) in [6.45, 7) is 8.88. The maximum atomic E-state index is 13.1. The van der Waals surface area contributed by atoms with E-state index in [1.165, 1.54) is 0 Å². The lowest BCUT2D eigenvalue weighted by atomic mass is 10.1. The summed E-state index contributed by atoms with van der Waals surface area (Å²) in [6.07, 6.45) is 15.4. The van der Waals surface area contributed by atoms with E-state index in [1.54, 1.807) is 73.3 Å². The third kappa shape index (κ3) is 15.8. The van der Waals surface area contributed by atoms with Gasteiger partial charge in [-0.2, -0.15) is 0 Å². The molecule has 0 saturated carbocycles. The average molecular weight is 853 g/mol. The minimum absolute atomic E-state index is 0.134. The van der Waals surface area contributed by atoms with Crippen LogP contribution < -0.4 is 9.47 Å². The summed E-state index contributed by atoms with van der Waals surface area (Å²) in [5.41, 5.74) is 1.82. The summed E-state index contributed by atoms with van der Waals surface area (Å²) in [4.78, 5) is 65.9. The molecule has 0 unspecified atom stereocenters. The fraction of sp³-hybridized carbons (Fsp3) is 0.391. The number of carbonyl (C=O) groups is 4. The highest BCUT2D eigenvalue weighted by Crippen LogP contribution is 2.23. The number of ether oxygens (including phenoxy) is 8. The fourth-order valence-electron chi connectivity index (χ4n) is 5.91. The molecule has 2 aromatic heterocycles. The molecule has 1 aliphatic heterocycles. The Morgan fingerprint density at radius 1 is 0.516 bits per heavy atom. The van der Waals surface area contributed by atoms with Gasteiger partial charge in [-0.1, -0.05) is 75.9 Å². The molecule has 5 rings (SSSR count). The summed E-state index contributed by atoms with van der Waals surface area (Å²) >= 11 is 0. The van der Waals surface area contributed by atoms with Gasteiger partial charge >= 0.3 is 23.9 Å². The molecular formula is C46H52N4O12. The molecule has 16 nitrogen and oxygen atoms in total. The van der Waals surface area contributed by atoms with Gasteiger partial charge in [0.2, 0.25) is 0 Å². The first-order valence-corrected chi connectivity index (χ1v) is 20.7. The maximum Gasteiger partial charge on any atom is 0.340 e. The molecule has 0 N–H and O–H groups in total. The van der Waals surface area contributed by atoms with Crippen LogP contribution in [-0.2, 0) is 38.0 Å². The number of benzene rings is 2. The zero-order chi connectivity index (χ0) is 43.8. The van der Waals surface area contributed by atoms with Crippen molar-refractivity contribution < 1.29 is 57.1 Å². The minimum atomic E-state index is -1.29. The number of nitrogens with zero attached hydrogens (tertiary/aromatic N) is 4. The minimum Gasteiger partial charge on any atom is -0.490 e. The lowest BCUT2D eigenvalue weighted by Crippen LogP contribution is -2.44. The fourth-order valence-corrected chi connectivity index (χ4v) is 5.91. The number of unbranched alkanes of at least 4 members (excludes halogenated alkanes) is 8. The first-order valence-electron chi connectivity index (χ1n) is 20.7. The molecule has 1 saturated heterocycles. The summed E-state index contributed by atoms with van der Waals surface area (Å²) < 4.78 is 43.8. The highest BCUT2D eigenvalue weighted by molar-refractivity contribution is 5.91. The van der Waals surface area contributed by atoms with Crippen LogP contribution in [0.1, 0.15) is 84.9 Å². The van der Waals surface area contributed by atoms with Crippen LogP contribution in [0.15, 0.2) is 98.6 Å². The normalized spacial score (nSPS) is 14.5. The number of carbonyl (C=O) groups excluding carboxylic acids is 4. The summed E-state index contributed by atoms with van der Waals surface area (Å²) in [5.74, 6) is -0.198. The Morgan fingerprint density at radius 3 is 1.21 bits per heavy atom. The van der Waals surface area contributed by atoms with Crippen molar-refractivity contribution >= 4 is 23.9 Å². The predicted molar refractivity (Wildman–Crippen MR) is 225 cm³/mol. The lowest BCUT2D eigenvalue weighted by molar-refractivity contribution is -0.288. The van der Waals surface area contributed by atoms with Gasteiger partial charge in [0.25, 0.3) is 12.6 Å². The number of esters is 4. The van der Waals surface area contributed by atoms with Crippen molar-refractivity contribution in [2.45, 2.75) is 76.8 Å². The molecule has 2 aromatic carbocycles. The van der Waals surface area contributed by atoms with Crippen LogP contribution in [0.3, 0.4) is 0 Å². The zero-order valence-corrected chi connectivity index (χ0v) is 34.7. The molecule has 1 fully saturated rings. The van der Waals surface area contributed by atoms with Crippen LogP contribution in [0.25, 0.3) is 22.8 Å². The average Bonchev–Trinajstić information content (AvgIpc) is 3.31. The molecule has 0 radical (unpaired) electrons. The van der Waals surface area contributed by atoms with Crippen molar-refractivity contribution in [3.63, 3.8) is 0 Å². The second-order valence-corrected chi connectivity index (χ2v) is 13.9. The van der Waals surface area contributed by atoms with Crippen molar-refractivity contribution in [2.24, 2.45) is 0 Å². The number of aromatic nitrogens is 4. The summed E-state index contributed by atoms with van der Waals surface area (Å²) in [6, 6.07) is 13.1. The summed E-state index contributed by atoms with van der Waals surface area (Å²) in [7, 11) is 0. The lowest BCUT2D eigenvalue weighted by Gasteiger charge is -2.30. The molecule has 328 valence electrons. The maximum absolute atomic E-state index is 13.1. The molecule has 4 aromatic rings. The Balaban J connectivity index is 1.00. The molecule has 2 atom stereocenters. The number of hydrogen-bond acceptors (Lipinski definition) is 16. The van der Waals surface area contributed by atoms with Gasteiger partial charge in [-0.3, -0.25) is 0 Å². The summed E-state index contributed by atoms with van der Waals surface area (Å²) in [5, 5.41) is 0. The quantitative estimate of drug-likeness (QED) is 0.0262. The zero-order valence-electron chi connectivity index (χ0n) is 34.7. The van der Waals surface area contributed by atoms with Crippen molar-refractivity contribution in [3.05, 3.63) is 110 Å². The SMILES string of the molecule is C=CC(=O)OCCCCCCCOc1cnc(-c2ccc(C(=O)O[C@@H]3OCCO[C@H]3OC(=O)c3ccc(-c4ncc(OCCCCCCCOC(=O)C=C)cn4)cc3)cc2)nc1. The molecule has 62 heavy (non-hydrogen) atoms. The van der Waals surface area contributed by atoms with Crippen LogP contribution in [0.4, 0.5) is 0 Å². The number of hydrogen-bond donors (Lipinski definition) is 0. The second-order valence-electron chi connectivity index (χ2n) is 13.9. The van der Waals surface area contributed by atoms with Crippen molar-refractivity contribution in [1.29, 1.82) is 0 Å². The van der Waals surface area contributed by atoms with E-state index in [2.05, 4.69) is 33.1 Å². The van der Waals surface area contributed by atoms with Gasteiger partial charge in [0, 0.05) is 23.3 Å². The molecule has 0 amide bonds. The molecule has 0 bridgehead atoms. The number of rotatable bonds is 26. The van der Waals surface area contributed by atoms with Gasteiger partial charge in [0.05, 0.1) is 75.6 Å². The van der Waals surface area contributed by atoms with Crippen LogP contribution in [0, 0.1) is 0 Å². The molecule has 16 heteroatoms. The van der Waals surface area contributed by atoms with Gasteiger partial charge in [-0.15, -0.1) is 0 Å². The Labute approximate surface area is 360 Å². The van der Waals surface area contributed by atoms with E-state index < -0.39 is 36.5 Å².